The van der Waals surface area contributed by atoms with Crippen molar-refractivity contribution in [1.82, 2.24) is 4.90 Å². The molecule has 0 aromatic carbocycles. The highest BCUT2D eigenvalue weighted by Gasteiger charge is 2.44. The number of hydrogen-bond acceptors (Lipinski definition) is 4. The molecule has 1 atom stereocenters. The molecule has 0 radical (unpaired) electrons. The molecular weight excluding hydrogens is 194 g/mol. The summed E-state index contributed by atoms with van der Waals surface area (Å²) >= 11 is 0. The van der Waals surface area contributed by atoms with Gasteiger partial charge in [0, 0.05) is 19.6 Å². The van der Waals surface area contributed by atoms with Gasteiger partial charge in [0.25, 0.3) is 0 Å². The summed E-state index contributed by atoms with van der Waals surface area (Å²) in [4.78, 5) is 2.26. The van der Waals surface area contributed by atoms with E-state index in [0.29, 0.717) is 12.7 Å². The lowest BCUT2D eigenvalue weighted by Crippen LogP contribution is -2.65. The SMILES string of the molecule is CC(C)C1(O)CN(CC2CCOCO2)C1. The zero-order valence-electron chi connectivity index (χ0n) is 9.61. The molecule has 4 heteroatoms. The first kappa shape index (κ1) is 11.3. The Morgan fingerprint density at radius 2 is 2.20 bits per heavy atom. The summed E-state index contributed by atoms with van der Waals surface area (Å²) in [5.41, 5.74) is -0.467. The predicted molar refractivity (Wildman–Crippen MR) is 56.5 cm³/mol. The molecule has 2 aliphatic heterocycles. The van der Waals surface area contributed by atoms with E-state index < -0.39 is 5.60 Å². The molecule has 0 aromatic heterocycles. The van der Waals surface area contributed by atoms with Crippen LogP contribution >= 0.6 is 0 Å². The van der Waals surface area contributed by atoms with E-state index >= 15 is 0 Å². The van der Waals surface area contributed by atoms with Gasteiger partial charge in [0.1, 0.15) is 6.79 Å². The maximum atomic E-state index is 10.1. The monoisotopic (exact) mass is 215 g/mol. The van der Waals surface area contributed by atoms with Crippen LogP contribution in [0.25, 0.3) is 0 Å². The first-order valence-electron chi connectivity index (χ1n) is 5.74. The Morgan fingerprint density at radius 1 is 1.47 bits per heavy atom. The number of nitrogens with zero attached hydrogens (tertiary/aromatic N) is 1. The maximum absolute atomic E-state index is 10.1. The zero-order valence-corrected chi connectivity index (χ0v) is 9.61. The molecule has 88 valence electrons. The van der Waals surface area contributed by atoms with Gasteiger partial charge in [-0.05, 0) is 12.3 Å². The van der Waals surface area contributed by atoms with Gasteiger partial charge in [0.05, 0.1) is 18.3 Å². The van der Waals surface area contributed by atoms with E-state index in [0.717, 1.165) is 32.7 Å². The van der Waals surface area contributed by atoms with Gasteiger partial charge in [-0.25, -0.2) is 0 Å². The average molecular weight is 215 g/mol. The summed E-state index contributed by atoms with van der Waals surface area (Å²) < 4.78 is 10.6. The van der Waals surface area contributed by atoms with E-state index in [2.05, 4.69) is 18.7 Å². The topological polar surface area (TPSA) is 41.9 Å². The predicted octanol–water partition coefficient (Wildman–Crippen LogP) is 0.452. The van der Waals surface area contributed by atoms with E-state index in [4.69, 9.17) is 9.47 Å². The lowest BCUT2D eigenvalue weighted by Gasteiger charge is -2.50. The van der Waals surface area contributed by atoms with Crippen molar-refractivity contribution in [1.29, 1.82) is 0 Å². The molecule has 0 spiro atoms. The summed E-state index contributed by atoms with van der Waals surface area (Å²) in [6, 6.07) is 0. The van der Waals surface area contributed by atoms with E-state index in [9.17, 15) is 5.11 Å². The second-order valence-corrected chi connectivity index (χ2v) is 5.03. The highest BCUT2D eigenvalue weighted by atomic mass is 16.7. The van der Waals surface area contributed by atoms with Crippen LogP contribution in [-0.2, 0) is 9.47 Å². The van der Waals surface area contributed by atoms with Crippen molar-refractivity contribution in [2.75, 3.05) is 33.0 Å². The molecule has 0 amide bonds. The van der Waals surface area contributed by atoms with E-state index in [1.54, 1.807) is 0 Å². The Balaban J connectivity index is 1.70. The van der Waals surface area contributed by atoms with E-state index in [1.165, 1.54) is 0 Å². The second-order valence-electron chi connectivity index (χ2n) is 5.03. The fraction of sp³-hybridized carbons (Fsp3) is 1.00. The first-order chi connectivity index (χ1) is 7.10. The molecule has 0 saturated carbocycles. The fourth-order valence-corrected chi connectivity index (χ4v) is 2.16. The molecule has 2 rings (SSSR count). The van der Waals surface area contributed by atoms with Gasteiger partial charge in [0.15, 0.2) is 0 Å². The normalized spacial score (nSPS) is 31.6. The van der Waals surface area contributed by atoms with Crippen LogP contribution in [0.4, 0.5) is 0 Å². The largest absolute Gasteiger partial charge is 0.387 e. The molecule has 0 aromatic rings. The van der Waals surface area contributed by atoms with Crippen LogP contribution < -0.4 is 0 Å². The summed E-state index contributed by atoms with van der Waals surface area (Å²) in [5.74, 6) is 0.337. The van der Waals surface area contributed by atoms with Gasteiger partial charge in [-0.1, -0.05) is 13.8 Å². The number of rotatable bonds is 3. The lowest BCUT2D eigenvalue weighted by atomic mass is 9.83. The second kappa shape index (κ2) is 4.37. The fourth-order valence-electron chi connectivity index (χ4n) is 2.16. The lowest BCUT2D eigenvalue weighted by molar-refractivity contribution is -0.174. The molecule has 2 fully saturated rings. The summed E-state index contributed by atoms with van der Waals surface area (Å²) in [6.07, 6.45) is 1.26. The summed E-state index contributed by atoms with van der Waals surface area (Å²) in [7, 11) is 0. The molecule has 15 heavy (non-hydrogen) atoms. The molecule has 2 heterocycles. The zero-order chi connectivity index (χ0) is 10.9. The number of aliphatic hydroxyl groups is 1. The quantitative estimate of drug-likeness (QED) is 0.742. The Morgan fingerprint density at radius 3 is 2.73 bits per heavy atom. The van der Waals surface area contributed by atoms with E-state index in [1.807, 2.05) is 0 Å². The molecule has 0 bridgehead atoms. The highest BCUT2D eigenvalue weighted by molar-refractivity contribution is 4.98. The van der Waals surface area contributed by atoms with Crippen LogP contribution in [-0.4, -0.2) is 54.7 Å². The van der Waals surface area contributed by atoms with Crippen LogP contribution in [0.15, 0.2) is 0 Å². The Hall–Kier alpha value is -0.160. The van der Waals surface area contributed by atoms with Crippen molar-refractivity contribution < 1.29 is 14.6 Å². The summed E-state index contributed by atoms with van der Waals surface area (Å²) in [5, 5.41) is 10.1. The minimum absolute atomic E-state index is 0.287. The van der Waals surface area contributed by atoms with Gasteiger partial charge in [-0.15, -0.1) is 0 Å². The van der Waals surface area contributed by atoms with Crippen LogP contribution in [0.1, 0.15) is 20.3 Å². The average Bonchev–Trinajstić information content (AvgIpc) is 2.16. The van der Waals surface area contributed by atoms with Crippen molar-refractivity contribution in [2.24, 2.45) is 5.92 Å². The highest BCUT2D eigenvalue weighted by Crippen LogP contribution is 2.29. The standard InChI is InChI=1S/C11H21NO3/c1-9(2)11(13)6-12(7-11)5-10-3-4-14-8-15-10/h9-10,13H,3-8H2,1-2H3. The van der Waals surface area contributed by atoms with Gasteiger partial charge in [0.2, 0.25) is 0 Å². The third-order valence-electron chi connectivity index (χ3n) is 3.50. The molecule has 2 aliphatic rings. The Labute approximate surface area is 91.2 Å². The van der Waals surface area contributed by atoms with Gasteiger partial charge < -0.3 is 14.6 Å². The molecule has 1 unspecified atom stereocenters. The molecule has 4 nitrogen and oxygen atoms in total. The van der Waals surface area contributed by atoms with Gasteiger partial charge in [-0.2, -0.15) is 0 Å². The van der Waals surface area contributed by atoms with Crippen LogP contribution in [0.5, 0.6) is 0 Å². The van der Waals surface area contributed by atoms with Crippen LogP contribution in [0.3, 0.4) is 0 Å². The number of likely N-dealkylation sites (tertiary alicyclic amines) is 1. The van der Waals surface area contributed by atoms with Crippen molar-refractivity contribution in [3.8, 4) is 0 Å². The number of hydrogen-bond donors (Lipinski definition) is 1. The first-order valence-corrected chi connectivity index (χ1v) is 5.74. The summed E-state index contributed by atoms with van der Waals surface area (Å²) in [6.45, 7) is 7.86. The van der Waals surface area contributed by atoms with Crippen molar-refractivity contribution in [3.63, 3.8) is 0 Å². The number of ether oxygens (including phenoxy) is 2. The van der Waals surface area contributed by atoms with Crippen LogP contribution in [0.2, 0.25) is 0 Å². The number of β-amino-alcohol motifs (C(OH)–C–C–N with tert-alkyl or cyclic N) is 1. The van der Waals surface area contributed by atoms with Crippen molar-refractivity contribution in [2.45, 2.75) is 32.0 Å². The maximum Gasteiger partial charge on any atom is 0.147 e. The Kier molecular flexibility index (Phi) is 3.30. The minimum atomic E-state index is -0.467. The van der Waals surface area contributed by atoms with Gasteiger partial charge >= 0.3 is 0 Å². The van der Waals surface area contributed by atoms with Crippen LogP contribution in [0, 0.1) is 5.92 Å². The molecular formula is C11H21NO3. The van der Waals surface area contributed by atoms with Gasteiger partial charge in [-0.3, -0.25) is 4.90 Å². The minimum Gasteiger partial charge on any atom is -0.387 e. The smallest absolute Gasteiger partial charge is 0.147 e. The molecule has 0 aliphatic carbocycles. The third-order valence-corrected chi connectivity index (χ3v) is 3.50. The third kappa shape index (κ3) is 2.50. The molecule has 1 N–H and O–H groups in total. The van der Waals surface area contributed by atoms with Crippen molar-refractivity contribution in [3.05, 3.63) is 0 Å². The van der Waals surface area contributed by atoms with Crippen molar-refractivity contribution >= 4 is 0 Å². The molecule has 2 saturated heterocycles. The Bertz CT molecular complexity index is 208. The van der Waals surface area contributed by atoms with E-state index in [-0.39, 0.29) is 6.10 Å².